The predicted octanol–water partition coefficient (Wildman–Crippen LogP) is 4.64. The Balaban J connectivity index is 2.08. The summed E-state index contributed by atoms with van der Waals surface area (Å²) in [5.41, 5.74) is 2.91. The third-order valence-electron chi connectivity index (χ3n) is 2.58. The lowest BCUT2D eigenvalue weighted by atomic mass is 10.0. The molecule has 0 unspecified atom stereocenters. The Hall–Kier alpha value is -1.13. The van der Waals surface area contributed by atoms with Gasteiger partial charge in [0.2, 0.25) is 5.13 Å². The minimum absolute atomic E-state index is 0.0933. The molecule has 0 aliphatic heterocycles. The van der Waals surface area contributed by atoms with E-state index >= 15 is 0 Å². The molecule has 0 aliphatic rings. The number of thiazole rings is 1. The molecule has 1 heterocycles. The maximum Gasteiger partial charge on any atom is 0.202 e. The van der Waals surface area contributed by atoms with Crippen LogP contribution in [0.3, 0.4) is 0 Å². The number of hydrogen-bond donors (Lipinski definition) is 0. The van der Waals surface area contributed by atoms with Crippen LogP contribution in [0.2, 0.25) is 5.02 Å². The number of halogens is 2. The first-order chi connectivity index (χ1) is 8.58. The third-order valence-corrected chi connectivity index (χ3v) is 3.53. The van der Waals surface area contributed by atoms with Crippen LogP contribution in [0.1, 0.15) is 31.0 Å². The van der Waals surface area contributed by atoms with Gasteiger partial charge in [0.1, 0.15) is 18.1 Å². The van der Waals surface area contributed by atoms with Crippen molar-refractivity contribution < 1.29 is 9.13 Å². The first-order valence-corrected chi connectivity index (χ1v) is 6.83. The Kier molecular flexibility index (Phi) is 4.19. The molecule has 0 bridgehead atoms. The zero-order valence-electron chi connectivity index (χ0n) is 10.1. The second-order valence-corrected chi connectivity index (χ2v) is 5.42. The quantitative estimate of drug-likeness (QED) is 0.816. The van der Waals surface area contributed by atoms with Gasteiger partial charge in [-0.15, -0.1) is 0 Å². The lowest BCUT2D eigenvalue weighted by molar-refractivity contribution is 0.296. The van der Waals surface area contributed by atoms with Gasteiger partial charge >= 0.3 is 0 Å². The molecule has 0 saturated heterocycles. The average molecular weight is 286 g/mol. The number of benzene rings is 1. The Labute approximate surface area is 114 Å². The van der Waals surface area contributed by atoms with Crippen LogP contribution in [0.4, 0.5) is 4.39 Å². The number of aromatic nitrogens is 1. The molecular formula is C13H13ClFNOS. The molecule has 0 N–H and O–H groups in total. The maximum absolute atomic E-state index is 13.2. The van der Waals surface area contributed by atoms with Gasteiger partial charge in [0.25, 0.3) is 0 Å². The molecule has 0 spiro atoms. The van der Waals surface area contributed by atoms with Crippen molar-refractivity contribution in [3.63, 3.8) is 0 Å². The fraction of sp³-hybridized carbons (Fsp3) is 0.308. The minimum atomic E-state index is -0.315. The van der Waals surface area contributed by atoms with E-state index in [-0.39, 0.29) is 11.7 Å². The molecule has 0 saturated carbocycles. The van der Waals surface area contributed by atoms with Crippen LogP contribution in [0.5, 0.6) is 5.75 Å². The molecule has 2 aromatic rings. The van der Waals surface area contributed by atoms with E-state index in [2.05, 4.69) is 18.8 Å². The summed E-state index contributed by atoms with van der Waals surface area (Å²) in [7, 11) is 0. The Bertz CT molecular complexity index is 542. The lowest BCUT2D eigenvalue weighted by Gasteiger charge is -2.10. The Morgan fingerprint density at radius 1 is 1.44 bits per heavy atom. The van der Waals surface area contributed by atoms with E-state index < -0.39 is 0 Å². The third kappa shape index (κ3) is 3.00. The van der Waals surface area contributed by atoms with Crippen molar-refractivity contribution in [2.75, 3.05) is 0 Å². The van der Waals surface area contributed by atoms with E-state index in [0.29, 0.717) is 22.4 Å². The van der Waals surface area contributed by atoms with Crippen molar-refractivity contribution in [2.24, 2.45) is 0 Å². The van der Waals surface area contributed by atoms with Crippen LogP contribution in [0, 0.1) is 5.13 Å². The maximum atomic E-state index is 13.2. The van der Waals surface area contributed by atoms with Crippen LogP contribution in [-0.2, 0) is 6.61 Å². The van der Waals surface area contributed by atoms with Crippen molar-refractivity contribution in [3.05, 3.63) is 45.1 Å². The van der Waals surface area contributed by atoms with Gasteiger partial charge in [0, 0.05) is 0 Å². The van der Waals surface area contributed by atoms with Crippen LogP contribution in [0.25, 0.3) is 0 Å². The van der Waals surface area contributed by atoms with E-state index in [1.807, 2.05) is 18.2 Å². The fourth-order valence-corrected chi connectivity index (χ4v) is 2.25. The highest BCUT2D eigenvalue weighted by Gasteiger charge is 2.09. The molecule has 5 heteroatoms. The first-order valence-electron chi connectivity index (χ1n) is 5.58. The SMILES string of the molecule is CC(C)c1ccc(OCc2ncsc2F)c(Cl)c1. The summed E-state index contributed by atoms with van der Waals surface area (Å²) in [5.74, 6) is 0.959. The van der Waals surface area contributed by atoms with Gasteiger partial charge in [0.15, 0.2) is 0 Å². The van der Waals surface area contributed by atoms with Crippen molar-refractivity contribution in [3.8, 4) is 5.75 Å². The number of rotatable bonds is 4. The highest BCUT2D eigenvalue weighted by Crippen LogP contribution is 2.29. The van der Waals surface area contributed by atoms with Gasteiger partial charge in [-0.25, -0.2) is 4.98 Å². The molecule has 1 aromatic heterocycles. The van der Waals surface area contributed by atoms with Crippen molar-refractivity contribution in [2.45, 2.75) is 26.4 Å². The molecular weight excluding hydrogens is 273 g/mol. The van der Waals surface area contributed by atoms with Crippen molar-refractivity contribution >= 4 is 22.9 Å². The molecule has 0 atom stereocenters. The second-order valence-electron chi connectivity index (χ2n) is 4.21. The molecule has 0 radical (unpaired) electrons. The summed E-state index contributed by atoms with van der Waals surface area (Å²) in [6.07, 6.45) is 0. The molecule has 2 rings (SSSR count). The van der Waals surface area contributed by atoms with E-state index in [0.717, 1.165) is 16.9 Å². The number of nitrogens with zero attached hydrogens (tertiary/aromatic N) is 1. The molecule has 0 fully saturated rings. The highest BCUT2D eigenvalue weighted by molar-refractivity contribution is 7.08. The van der Waals surface area contributed by atoms with Gasteiger partial charge in [-0.2, -0.15) is 4.39 Å². The summed E-state index contributed by atoms with van der Waals surface area (Å²) < 4.78 is 18.6. The molecule has 0 amide bonds. The number of ether oxygens (including phenoxy) is 1. The van der Waals surface area contributed by atoms with Gasteiger partial charge in [-0.05, 0) is 23.6 Å². The topological polar surface area (TPSA) is 22.1 Å². The van der Waals surface area contributed by atoms with Gasteiger partial charge in [0.05, 0.1) is 10.5 Å². The summed E-state index contributed by atoms with van der Waals surface area (Å²) in [6, 6.07) is 5.64. The fourth-order valence-electron chi connectivity index (χ4n) is 1.49. The minimum Gasteiger partial charge on any atom is -0.486 e. The zero-order valence-corrected chi connectivity index (χ0v) is 11.7. The molecule has 0 aliphatic carbocycles. The van der Waals surface area contributed by atoms with E-state index in [1.54, 1.807) is 0 Å². The molecule has 2 nitrogen and oxygen atoms in total. The summed E-state index contributed by atoms with van der Waals surface area (Å²) in [4.78, 5) is 3.88. The largest absolute Gasteiger partial charge is 0.486 e. The van der Waals surface area contributed by atoms with E-state index in [4.69, 9.17) is 16.3 Å². The monoisotopic (exact) mass is 285 g/mol. The smallest absolute Gasteiger partial charge is 0.202 e. The zero-order chi connectivity index (χ0) is 13.1. The second kappa shape index (κ2) is 5.67. The van der Waals surface area contributed by atoms with Crippen molar-refractivity contribution in [1.29, 1.82) is 0 Å². The number of hydrogen-bond acceptors (Lipinski definition) is 3. The average Bonchev–Trinajstić information content (AvgIpc) is 2.73. The van der Waals surface area contributed by atoms with Crippen LogP contribution < -0.4 is 4.74 Å². The van der Waals surface area contributed by atoms with Crippen LogP contribution in [-0.4, -0.2) is 4.98 Å². The van der Waals surface area contributed by atoms with Crippen LogP contribution in [0.15, 0.2) is 23.7 Å². The predicted molar refractivity (Wildman–Crippen MR) is 71.9 cm³/mol. The van der Waals surface area contributed by atoms with Crippen molar-refractivity contribution in [1.82, 2.24) is 4.98 Å². The first kappa shape index (κ1) is 13.3. The highest BCUT2D eigenvalue weighted by atomic mass is 35.5. The lowest BCUT2D eigenvalue weighted by Crippen LogP contribution is -1.98. The van der Waals surface area contributed by atoms with Gasteiger partial charge < -0.3 is 4.74 Å². The summed E-state index contributed by atoms with van der Waals surface area (Å²) in [5, 5.41) is 0.224. The molecule has 18 heavy (non-hydrogen) atoms. The van der Waals surface area contributed by atoms with Gasteiger partial charge in [-0.3, -0.25) is 0 Å². The normalized spacial score (nSPS) is 10.9. The van der Waals surface area contributed by atoms with Crippen LogP contribution >= 0.6 is 22.9 Å². The Morgan fingerprint density at radius 3 is 2.78 bits per heavy atom. The Morgan fingerprint density at radius 2 is 2.22 bits per heavy atom. The van der Waals surface area contributed by atoms with E-state index in [1.165, 1.54) is 5.51 Å². The van der Waals surface area contributed by atoms with E-state index in [9.17, 15) is 4.39 Å². The standard InChI is InChI=1S/C13H13ClFNOS/c1-8(2)9-3-4-12(10(14)5-9)17-6-11-13(15)18-7-16-11/h3-5,7-8H,6H2,1-2H3. The van der Waals surface area contributed by atoms with Gasteiger partial charge in [-0.1, -0.05) is 42.9 Å². The summed E-state index contributed by atoms with van der Waals surface area (Å²) >= 11 is 7.08. The summed E-state index contributed by atoms with van der Waals surface area (Å²) in [6.45, 7) is 4.28. The molecule has 1 aromatic carbocycles. The molecule has 96 valence electrons.